The zero-order valence-electron chi connectivity index (χ0n) is 39.9. The van der Waals surface area contributed by atoms with Crippen molar-refractivity contribution in [3.63, 3.8) is 0 Å². The van der Waals surface area contributed by atoms with Crippen LogP contribution in [0.5, 0.6) is 0 Å². The van der Waals surface area contributed by atoms with Crippen LogP contribution in [0, 0.1) is 11.6 Å². The van der Waals surface area contributed by atoms with Crippen molar-refractivity contribution in [3.8, 4) is 45.0 Å². The molecular weight excluding hydrogens is 1270 g/mol. The normalized spacial score (nSPS) is 11.1. The van der Waals surface area contributed by atoms with E-state index in [0.717, 1.165) is 39.0 Å². The number of aliphatic hydroxyl groups is 4. The van der Waals surface area contributed by atoms with Gasteiger partial charge in [-0.05, 0) is 86.5 Å². The average Bonchev–Trinajstić information content (AvgIpc) is 4.39. The van der Waals surface area contributed by atoms with Crippen LogP contribution >= 0.6 is 82.6 Å². The van der Waals surface area contributed by atoms with Gasteiger partial charge in [0.05, 0.1) is 114 Å². The molecule has 396 valence electrons. The van der Waals surface area contributed by atoms with Crippen LogP contribution in [0.2, 0.25) is 15.1 Å². The molecule has 12 aromatic rings. The second-order valence-electron chi connectivity index (χ2n) is 16.5. The minimum atomic E-state index is -0.727. The van der Waals surface area contributed by atoms with Gasteiger partial charge in [-0.1, -0.05) is 75.0 Å². The Labute approximate surface area is 480 Å². The molecule has 0 bridgehead atoms. The molecule has 0 spiro atoms. The highest BCUT2D eigenvalue weighted by Crippen LogP contribution is 2.34. The van der Waals surface area contributed by atoms with E-state index in [1.165, 1.54) is 12.3 Å². The first-order chi connectivity index (χ1) is 37.6. The van der Waals surface area contributed by atoms with Gasteiger partial charge in [0.1, 0.15) is 32.5 Å². The fourth-order valence-corrected chi connectivity index (χ4v) is 9.58. The Morgan fingerprint density at radius 2 is 0.833 bits per heavy atom. The Bertz CT molecular complexity index is 3880. The van der Waals surface area contributed by atoms with Crippen molar-refractivity contribution in [1.29, 1.82) is 0 Å². The summed E-state index contributed by atoms with van der Waals surface area (Å²) < 4.78 is 35.9. The monoisotopic (exact) mass is 1300 g/mol. The van der Waals surface area contributed by atoms with Crippen molar-refractivity contribution in [2.24, 2.45) is 0 Å². The molecule has 0 fully saturated rings. The number of imidazole rings is 4. The van der Waals surface area contributed by atoms with Crippen molar-refractivity contribution in [2.75, 3.05) is 11.5 Å². The molecule has 0 amide bonds. The highest BCUT2D eigenvalue weighted by molar-refractivity contribution is 9.11. The minimum absolute atomic E-state index is 0.115. The van der Waals surface area contributed by atoms with Crippen molar-refractivity contribution >= 4 is 117 Å². The molecule has 0 saturated heterocycles. The molecular formula is C52H38Br3Cl3F2N14O4. The number of aliphatic hydroxyl groups excluding tert-OH is 4. The molecule has 12 rings (SSSR count). The number of anilines is 2. The summed E-state index contributed by atoms with van der Waals surface area (Å²) in [6.07, 6.45) is 13.0. The van der Waals surface area contributed by atoms with Gasteiger partial charge in [0, 0.05) is 55.2 Å². The van der Waals surface area contributed by atoms with Crippen LogP contribution in [0.3, 0.4) is 0 Å². The number of nitrogens with two attached hydrogens (primary N) is 2. The number of hydrogen-bond donors (Lipinski definition) is 6. The molecule has 0 aliphatic carbocycles. The summed E-state index contributed by atoms with van der Waals surface area (Å²) in [5, 5.41) is 40.0. The van der Waals surface area contributed by atoms with Gasteiger partial charge in [-0.2, -0.15) is 0 Å². The first kappa shape index (κ1) is 55.7. The molecule has 8 heterocycles. The van der Waals surface area contributed by atoms with E-state index in [4.69, 9.17) is 46.3 Å². The van der Waals surface area contributed by atoms with Gasteiger partial charge >= 0.3 is 0 Å². The molecule has 26 heteroatoms. The highest BCUT2D eigenvalue weighted by Gasteiger charge is 2.20. The largest absolute Gasteiger partial charge is 0.390 e. The maximum atomic E-state index is 13.9. The van der Waals surface area contributed by atoms with Crippen LogP contribution in [0.4, 0.5) is 20.4 Å². The number of aromatic nitrogens is 12. The van der Waals surface area contributed by atoms with Crippen LogP contribution in [0.25, 0.3) is 67.6 Å². The predicted octanol–water partition coefficient (Wildman–Crippen LogP) is 11.2. The summed E-state index contributed by atoms with van der Waals surface area (Å²) in [5.41, 5.74) is 21.2. The Morgan fingerprint density at radius 3 is 1.28 bits per heavy atom. The topological polar surface area (TPSA) is 254 Å². The third kappa shape index (κ3) is 12.0. The smallest absolute Gasteiger partial charge is 0.156 e. The zero-order chi connectivity index (χ0) is 55.4. The number of hydrogen-bond acceptors (Lipinski definition) is 14. The van der Waals surface area contributed by atoms with E-state index in [0.29, 0.717) is 92.7 Å². The third-order valence-electron chi connectivity index (χ3n) is 11.6. The van der Waals surface area contributed by atoms with Gasteiger partial charge in [0.25, 0.3) is 0 Å². The Hall–Kier alpha value is -7.03. The molecule has 0 aliphatic heterocycles. The Kier molecular flexibility index (Phi) is 17.4. The van der Waals surface area contributed by atoms with E-state index in [9.17, 15) is 29.2 Å². The van der Waals surface area contributed by atoms with Gasteiger partial charge in [0.2, 0.25) is 0 Å². The summed E-state index contributed by atoms with van der Waals surface area (Å²) in [4.78, 5) is 33.8. The van der Waals surface area contributed by atoms with Gasteiger partial charge in [-0.25, -0.2) is 48.7 Å². The first-order valence-corrected chi connectivity index (χ1v) is 26.2. The Balaban J connectivity index is 0.000000126. The lowest BCUT2D eigenvalue weighted by Crippen LogP contribution is -1.98. The van der Waals surface area contributed by atoms with Crippen molar-refractivity contribution < 1.29 is 29.2 Å². The molecule has 0 radical (unpaired) electrons. The summed E-state index contributed by atoms with van der Waals surface area (Å²) in [6, 6.07) is 23.5. The van der Waals surface area contributed by atoms with Crippen LogP contribution in [0.1, 0.15) is 22.8 Å². The van der Waals surface area contributed by atoms with Gasteiger partial charge < -0.3 is 31.9 Å². The third-order valence-corrected chi connectivity index (χ3v) is 13.8. The molecule has 18 nitrogen and oxygen atoms in total. The quantitative estimate of drug-likeness (QED) is 0.0828. The number of benzene rings is 4. The maximum absolute atomic E-state index is 13.9. The van der Waals surface area contributed by atoms with E-state index in [1.54, 1.807) is 91.3 Å². The van der Waals surface area contributed by atoms with Gasteiger partial charge in [-0.3, -0.25) is 17.6 Å². The van der Waals surface area contributed by atoms with E-state index in [2.05, 4.69) is 87.7 Å². The fraction of sp³-hybridized carbons (Fsp3) is 0.0769. The lowest BCUT2D eigenvalue weighted by molar-refractivity contribution is 0.276. The fourth-order valence-electron chi connectivity index (χ4n) is 8.07. The van der Waals surface area contributed by atoms with Crippen LogP contribution in [0.15, 0.2) is 148 Å². The lowest BCUT2D eigenvalue weighted by Gasteiger charge is -2.04. The molecule has 0 unspecified atom stereocenters. The van der Waals surface area contributed by atoms with Crippen LogP contribution in [-0.2, 0) is 26.4 Å². The number of nitrogen functional groups attached to an aromatic ring is 2. The molecule has 0 atom stereocenters. The standard InChI is InChI=1S/C13H8BrCl2N3O.C13H8BrF2N3O.C13H11BrN4O.C13H11ClN4O/c2*14-11-5-19-10(6-20)13(18-12(19)4-17-11)8-2-1-7(15)3-9(8)16;2*14-9-3-1-8(2-4-9)13-10(7-19)18-6-11(15)16-5-12(18)17-13/h2*1-5,20H,6H2;2*1-6,19H,7,15H2. The van der Waals surface area contributed by atoms with Gasteiger partial charge in [0.15, 0.2) is 22.6 Å². The SMILES string of the molecule is Nc1cn2c(CO)c(-c3ccc(Br)cc3)nc2cn1.Nc1cn2c(CO)c(-c3ccc(Cl)cc3)nc2cn1.OCc1c(-c2ccc(Cl)cc2Cl)nc2cnc(Br)cn12.OCc1c(-c2ccc(F)cc2F)nc2cnc(Br)cn12. The second kappa shape index (κ2) is 24.3. The summed E-state index contributed by atoms with van der Waals surface area (Å²) in [5.74, 6) is -0.621. The predicted molar refractivity (Wildman–Crippen MR) is 304 cm³/mol. The molecule has 8 N–H and O–H groups in total. The van der Waals surface area contributed by atoms with Crippen molar-refractivity contribution in [2.45, 2.75) is 26.4 Å². The molecule has 78 heavy (non-hydrogen) atoms. The number of rotatable bonds is 8. The number of fused-ring (bicyclic) bond motifs is 4. The van der Waals surface area contributed by atoms with Crippen molar-refractivity contribution in [3.05, 3.63) is 198 Å². The number of nitrogens with zero attached hydrogens (tertiary/aromatic N) is 12. The van der Waals surface area contributed by atoms with Crippen LogP contribution < -0.4 is 11.5 Å². The maximum Gasteiger partial charge on any atom is 0.156 e. The molecule has 0 aliphatic rings. The van der Waals surface area contributed by atoms with Gasteiger partial charge in [-0.15, -0.1) is 0 Å². The Morgan fingerprint density at radius 1 is 0.449 bits per heavy atom. The highest BCUT2D eigenvalue weighted by atomic mass is 79.9. The van der Waals surface area contributed by atoms with Crippen molar-refractivity contribution in [1.82, 2.24) is 57.5 Å². The summed E-state index contributed by atoms with van der Waals surface area (Å²) in [7, 11) is 0. The van der Waals surface area contributed by atoms with E-state index >= 15 is 0 Å². The molecule has 4 aromatic carbocycles. The van der Waals surface area contributed by atoms with E-state index < -0.39 is 11.6 Å². The minimum Gasteiger partial charge on any atom is -0.390 e. The van der Waals surface area contributed by atoms with E-state index in [1.807, 2.05) is 36.4 Å². The second-order valence-corrected chi connectivity index (χ2v) is 20.3. The summed E-state index contributed by atoms with van der Waals surface area (Å²) in [6.45, 7) is -0.742. The summed E-state index contributed by atoms with van der Waals surface area (Å²) >= 11 is 27.9. The number of halogens is 8. The molecule has 8 aromatic heterocycles. The van der Waals surface area contributed by atoms with E-state index in [-0.39, 0.29) is 37.7 Å². The zero-order valence-corrected chi connectivity index (χ0v) is 46.9. The van der Waals surface area contributed by atoms with Crippen LogP contribution in [-0.4, -0.2) is 77.9 Å². The first-order valence-electron chi connectivity index (χ1n) is 22.7. The lowest BCUT2D eigenvalue weighted by atomic mass is 10.1. The molecule has 0 saturated carbocycles. The average molecular weight is 1310 g/mol.